The predicted molar refractivity (Wildman–Crippen MR) is 106 cm³/mol. The molecular weight excluding hydrogens is 382 g/mol. The first-order valence-electron chi connectivity index (χ1n) is 8.65. The molecule has 7 nitrogen and oxygen atoms in total. The normalized spacial score (nSPS) is 11.1. The second kappa shape index (κ2) is 9.57. The van der Waals surface area contributed by atoms with E-state index < -0.39 is 10.1 Å². The summed E-state index contributed by atoms with van der Waals surface area (Å²) in [5, 5.41) is 0. The first-order valence-corrected chi connectivity index (χ1v) is 10.5. The van der Waals surface area contributed by atoms with E-state index in [1.165, 1.54) is 7.11 Å². The molecule has 0 bridgehead atoms. The molecule has 0 aliphatic carbocycles. The van der Waals surface area contributed by atoms with E-state index in [9.17, 15) is 13.2 Å². The van der Waals surface area contributed by atoms with Gasteiger partial charge in [-0.15, -0.1) is 0 Å². The molecule has 2 aromatic carbocycles. The number of carbonyl (C=O) groups is 1. The molecule has 2 aromatic rings. The van der Waals surface area contributed by atoms with Crippen LogP contribution >= 0.6 is 0 Å². The highest BCUT2D eigenvalue weighted by Crippen LogP contribution is 2.30. The number of carbonyl (C=O) groups excluding carboxylic acids is 1. The van der Waals surface area contributed by atoms with Crippen LogP contribution in [-0.4, -0.2) is 52.9 Å². The Morgan fingerprint density at radius 3 is 2.39 bits per heavy atom. The van der Waals surface area contributed by atoms with Crippen LogP contribution in [0.25, 0.3) is 0 Å². The summed E-state index contributed by atoms with van der Waals surface area (Å²) < 4.78 is 38.3. The predicted octanol–water partition coefficient (Wildman–Crippen LogP) is 2.63. The number of methoxy groups -OCH3 is 2. The molecule has 0 saturated carbocycles. The molecular formula is C20H25NO6S. The Kier molecular flexibility index (Phi) is 7.42. The van der Waals surface area contributed by atoms with Gasteiger partial charge in [-0.1, -0.05) is 24.3 Å². The van der Waals surface area contributed by atoms with Crippen molar-refractivity contribution < 1.29 is 26.9 Å². The van der Waals surface area contributed by atoms with Crippen LogP contribution in [-0.2, 0) is 21.4 Å². The molecule has 0 N–H and O–H groups in total. The highest BCUT2D eigenvalue weighted by Gasteiger charge is 2.19. The molecule has 0 atom stereocenters. The summed E-state index contributed by atoms with van der Waals surface area (Å²) in [4.78, 5) is 14.7. The zero-order valence-electron chi connectivity index (χ0n) is 16.5. The van der Waals surface area contributed by atoms with Crippen molar-refractivity contribution in [1.82, 2.24) is 4.90 Å². The summed E-state index contributed by atoms with van der Waals surface area (Å²) in [7, 11) is -0.716. The summed E-state index contributed by atoms with van der Waals surface area (Å²) in [6.07, 6.45) is 0.964. The van der Waals surface area contributed by atoms with Crippen molar-refractivity contribution >= 4 is 16.0 Å². The van der Waals surface area contributed by atoms with Crippen LogP contribution in [0.4, 0.5) is 0 Å². The van der Waals surface area contributed by atoms with Gasteiger partial charge < -0.3 is 18.6 Å². The van der Waals surface area contributed by atoms with Crippen LogP contribution in [0, 0.1) is 6.92 Å². The highest BCUT2D eigenvalue weighted by molar-refractivity contribution is 7.86. The molecule has 0 unspecified atom stereocenters. The topological polar surface area (TPSA) is 82.1 Å². The third kappa shape index (κ3) is 5.97. The third-order valence-corrected chi connectivity index (χ3v) is 4.55. The fourth-order valence-electron chi connectivity index (χ4n) is 2.71. The number of amides is 1. The lowest BCUT2D eigenvalue weighted by atomic mass is 10.1. The van der Waals surface area contributed by atoms with Crippen molar-refractivity contribution in [2.75, 3.05) is 33.6 Å². The first-order chi connectivity index (χ1) is 13.2. The van der Waals surface area contributed by atoms with E-state index in [0.29, 0.717) is 30.0 Å². The van der Waals surface area contributed by atoms with Crippen molar-refractivity contribution in [3.05, 3.63) is 59.2 Å². The second-order valence-electron chi connectivity index (χ2n) is 6.31. The first kappa shape index (κ1) is 21.7. The Labute approximate surface area is 166 Å². The number of hydrogen-bond donors (Lipinski definition) is 0. The van der Waals surface area contributed by atoms with Crippen molar-refractivity contribution in [2.24, 2.45) is 0 Å². The molecule has 0 heterocycles. The van der Waals surface area contributed by atoms with Gasteiger partial charge in [0.15, 0.2) is 11.5 Å². The van der Waals surface area contributed by atoms with Gasteiger partial charge in [-0.05, 0) is 36.2 Å². The molecule has 28 heavy (non-hydrogen) atoms. The summed E-state index contributed by atoms with van der Waals surface area (Å²) >= 11 is 0. The van der Waals surface area contributed by atoms with Crippen LogP contribution in [0.5, 0.6) is 11.5 Å². The summed E-state index contributed by atoms with van der Waals surface area (Å²) in [6.45, 7) is 2.91. The molecule has 0 radical (unpaired) electrons. The van der Waals surface area contributed by atoms with Crippen LogP contribution in [0.15, 0.2) is 42.5 Å². The molecule has 1 amide bonds. The zero-order chi connectivity index (χ0) is 20.7. The maximum absolute atomic E-state index is 13.0. The summed E-state index contributed by atoms with van der Waals surface area (Å²) in [5.41, 5.74) is 2.20. The summed E-state index contributed by atoms with van der Waals surface area (Å²) in [5.74, 6) is 0.247. The lowest BCUT2D eigenvalue weighted by Gasteiger charge is -2.24. The molecule has 0 aliphatic heterocycles. The fourth-order valence-corrected chi connectivity index (χ4v) is 3.16. The van der Waals surface area contributed by atoms with Gasteiger partial charge in [0.2, 0.25) is 0 Å². The van der Waals surface area contributed by atoms with Gasteiger partial charge in [-0.25, -0.2) is 0 Å². The largest absolute Gasteiger partial charge is 0.493 e. The Balaban J connectivity index is 2.32. The lowest BCUT2D eigenvalue weighted by Crippen LogP contribution is -2.33. The maximum Gasteiger partial charge on any atom is 0.306 e. The van der Waals surface area contributed by atoms with Gasteiger partial charge >= 0.3 is 10.1 Å². The number of rotatable bonds is 9. The van der Waals surface area contributed by atoms with E-state index >= 15 is 0 Å². The number of ether oxygens (including phenoxy) is 2. The van der Waals surface area contributed by atoms with E-state index in [1.54, 1.807) is 36.3 Å². The molecule has 0 fully saturated rings. The van der Waals surface area contributed by atoms with Crippen LogP contribution < -0.4 is 8.92 Å². The molecule has 8 heteroatoms. The standard InChI is InChI=1S/C20H25NO6S/c1-15-7-5-6-8-17(15)20(22)21(11-12-25-2)14-16-9-10-18(26-3)19(13-16)27-28(4,23)24/h5-10,13H,11-12,14H2,1-4H3. The van der Waals surface area contributed by atoms with Crippen molar-refractivity contribution in [3.8, 4) is 11.5 Å². The van der Waals surface area contributed by atoms with Crippen molar-refractivity contribution in [1.29, 1.82) is 0 Å². The van der Waals surface area contributed by atoms with E-state index in [-0.39, 0.29) is 18.2 Å². The number of nitrogens with zero attached hydrogens (tertiary/aromatic N) is 1. The van der Waals surface area contributed by atoms with Crippen LogP contribution in [0.1, 0.15) is 21.5 Å². The average Bonchev–Trinajstić information content (AvgIpc) is 2.64. The van der Waals surface area contributed by atoms with Crippen molar-refractivity contribution in [3.63, 3.8) is 0 Å². The highest BCUT2D eigenvalue weighted by atomic mass is 32.2. The van der Waals surface area contributed by atoms with E-state index in [2.05, 4.69) is 0 Å². The molecule has 0 aromatic heterocycles. The van der Waals surface area contributed by atoms with Gasteiger partial charge in [0.25, 0.3) is 5.91 Å². The molecule has 0 saturated heterocycles. The second-order valence-corrected chi connectivity index (χ2v) is 7.88. The van der Waals surface area contributed by atoms with Gasteiger partial charge in [0.05, 0.1) is 20.0 Å². The molecule has 0 spiro atoms. The van der Waals surface area contributed by atoms with E-state index in [1.807, 2.05) is 25.1 Å². The molecule has 0 aliphatic rings. The smallest absolute Gasteiger partial charge is 0.306 e. The minimum absolute atomic E-state index is 0.0810. The van der Waals surface area contributed by atoms with Gasteiger partial charge in [0.1, 0.15) is 0 Å². The average molecular weight is 407 g/mol. The SMILES string of the molecule is COCCN(Cc1ccc(OC)c(OS(C)(=O)=O)c1)C(=O)c1ccccc1C. The minimum atomic E-state index is -3.71. The monoisotopic (exact) mass is 407 g/mol. The van der Waals surface area contributed by atoms with Gasteiger partial charge in [-0.2, -0.15) is 8.42 Å². The Hall–Kier alpha value is -2.58. The van der Waals surface area contributed by atoms with Gasteiger partial charge in [-0.3, -0.25) is 4.79 Å². The van der Waals surface area contributed by atoms with Gasteiger partial charge in [0, 0.05) is 25.8 Å². The third-order valence-electron chi connectivity index (χ3n) is 4.07. The fraction of sp³-hybridized carbons (Fsp3) is 0.350. The quantitative estimate of drug-likeness (QED) is 0.595. The minimum Gasteiger partial charge on any atom is -0.493 e. The number of aryl methyl sites for hydroxylation is 1. The zero-order valence-corrected chi connectivity index (χ0v) is 17.3. The van der Waals surface area contributed by atoms with Crippen molar-refractivity contribution in [2.45, 2.75) is 13.5 Å². The summed E-state index contributed by atoms with van der Waals surface area (Å²) in [6, 6.07) is 12.3. The lowest BCUT2D eigenvalue weighted by molar-refractivity contribution is 0.0679. The maximum atomic E-state index is 13.0. The Morgan fingerprint density at radius 1 is 1.07 bits per heavy atom. The van der Waals surface area contributed by atoms with Crippen LogP contribution in [0.2, 0.25) is 0 Å². The molecule has 152 valence electrons. The van der Waals surface area contributed by atoms with Crippen LogP contribution in [0.3, 0.4) is 0 Å². The molecule has 2 rings (SSSR count). The number of hydrogen-bond acceptors (Lipinski definition) is 6. The number of benzene rings is 2. The van der Waals surface area contributed by atoms with E-state index in [0.717, 1.165) is 11.8 Å². The Bertz CT molecular complexity index is 926. The van der Waals surface area contributed by atoms with E-state index in [4.69, 9.17) is 13.7 Å². The Morgan fingerprint density at radius 2 is 1.79 bits per heavy atom.